The monoisotopic (exact) mass is 502 g/mol. The second-order valence-electron chi connectivity index (χ2n) is 15.5. The molecule has 2 aliphatic heterocycles. The quantitative estimate of drug-likeness (QED) is 0.508. The Kier molecular flexibility index (Phi) is 4.79. The Morgan fingerprint density at radius 1 is 0.778 bits per heavy atom. The summed E-state index contributed by atoms with van der Waals surface area (Å²) in [7, 11) is 0. The summed E-state index contributed by atoms with van der Waals surface area (Å²) in [5.41, 5.74) is -1.58. The molecule has 2 heterocycles. The summed E-state index contributed by atoms with van der Waals surface area (Å²) in [6.07, 6.45) is 5.16. The lowest BCUT2D eigenvalue weighted by molar-refractivity contribution is -0.206. The zero-order valence-electron chi connectivity index (χ0n) is 23.0. The third-order valence-corrected chi connectivity index (χ3v) is 13.2. The molecule has 5 aliphatic carbocycles. The van der Waals surface area contributed by atoms with Gasteiger partial charge in [0.1, 0.15) is 11.2 Å². The number of ether oxygens (including phenoxy) is 3. The minimum atomic E-state index is -0.982. The van der Waals surface area contributed by atoms with Gasteiger partial charge >= 0.3 is 5.97 Å². The minimum Gasteiger partial charge on any atom is -0.459 e. The molecule has 0 aromatic heterocycles. The lowest BCUT2D eigenvalue weighted by Crippen LogP contribution is -2.51. The van der Waals surface area contributed by atoms with Crippen LogP contribution in [0.3, 0.4) is 0 Å². The van der Waals surface area contributed by atoms with Gasteiger partial charge in [-0.3, -0.25) is 4.79 Å². The van der Waals surface area contributed by atoms with Crippen molar-refractivity contribution in [2.75, 3.05) is 0 Å². The van der Waals surface area contributed by atoms with E-state index in [1.54, 1.807) is 0 Å². The Morgan fingerprint density at radius 2 is 1.42 bits per heavy atom. The second-order valence-corrected chi connectivity index (χ2v) is 15.5. The third-order valence-electron chi connectivity index (χ3n) is 13.2. The zero-order chi connectivity index (χ0) is 25.6. The van der Waals surface area contributed by atoms with Crippen LogP contribution < -0.4 is 0 Å². The van der Waals surface area contributed by atoms with Gasteiger partial charge in [0.25, 0.3) is 0 Å². The van der Waals surface area contributed by atoms with Crippen molar-refractivity contribution in [2.45, 2.75) is 122 Å². The molecule has 0 bridgehead atoms. The summed E-state index contributed by atoms with van der Waals surface area (Å²) in [5, 5.41) is 23.2. The molecule has 6 nitrogen and oxygen atoms in total. The van der Waals surface area contributed by atoms with Gasteiger partial charge in [-0.1, -0.05) is 27.7 Å². The average Bonchev–Trinajstić information content (AvgIpc) is 3.38. The maximum atomic E-state index is 12.3. The number of hydrogen-bond donors (Lipinski definition) is 2. The average molecular weight is 503 g/mol. The molecule has 2 saturated heterocycles. The zero-order valence-corrected chi connectivity index (χ0v) is 23.0. The summed E-state index contributed by atoms with van der Waals surface area (Å²) >= 11 is 0. The van der Waals surface area contributed by atoms with Gasteiger partial charge in [0, 0.05) is 24.2 Å². The Bertz CT molecular complexity index is 972. The van der Waals surface area contributed by atoms with Crippen molar-refractivity contribution < 1.29 is 29.2 Å². The van der Waals surface area contributed by atoms with E-state index in [1.165, 1.54) is 0 Å². The van der Waals surface area contributed by atoms with Crippen LogP contribution in [-0.4, -0.2) is 45.6 Å². The van der Waals surface area contributed by atoms with Crippen molar-refractivity contribution in [3.05, 3.63) is 0 Å². The molecule has 202 valence electrons. The number of rotatable bonds is 1. The number of carbonyl (C=O) groups is 1. The topological polar surface area (TPSA) is 85.2 Å². The van der Waals surface area contributed by atoms with Gasteiger partial charge in [0.2, 0.25) is 0 Å². The van der Waals surface area contributed by atoms with E-state index in [0.29, 0.717) is 30.1 Å². The van der Waals surface area contributed by atoms with Gasteiger partial charge in [-0.2, -0.15) is 0 Å². The van der Waals surface area contributed by atoms with E-state index in [-0.39, 0.29) is 40.5 Å². The van der Waals surface area contributed by atoms with Crippen molar-refractivity contribution in [2.24, 2.45) is 58.2 Å². The van der Waals surface area contributed by atoms with Crippen molar-refractivity contribution in [1.82, 2.24) is 0 Å². The molecule has 1 spiro atoms. The summed E-state index contributed by atoms with van der Waals surface area (Å²) < 4.78 is 19.7. The first kappa shape index (κ1) is 24.4. The maximum absolute atomic E-state index is 12.3. The second kappa shape index (κ2) is 7.08. The van der Waals surface area contributed by atoms with Crippen molar-refractivity contribution in [3.63, 3.8) is 0 Å². The molecule has 13 atom stereocenters. The maximum Gasteiger partial charge on any atom is 0.306 e. The molecule has 0 radical (unpaired) electrons. The fraction of sp³-hybridized carbons (Fsp3) is 0.967. The standard InChI is InChI=1S/C30H46O6/c1-26(2)16-10-13-29(6)15(7-8-19(31)35-29)20(21(16)26)24-34-25(32)30(36-24)14-11-18-23(30)22-17(27(22,3)4)9-12-28(18,5)33/h15-18,20-25,32-33H,7-14H2,1-6H3. The summed E-state index contributed by atoms with van der Waals surface area (Å²) in [6.45, 7) is 13.6. The molecule has 0 aromatic rings. The lowest BCUT2D eigenvalue weighted by atomic mass is 9.70. The normalized spacial score (nSPS) is 60.2. The van der Waals surface area contributed by atoms with Crippen LogP contribution in [0, 0.1) is 58.2 Å². The molecular weight excluding hydrogens is 456 g/mol. The summed E-state index contributed by atoms with van der Waals surface area (Å²) in [6, 6.07) is 0. The van der Waals surface area contributed by atoms with Crippen molar-refractivity contribution in [1.29, 1.82) is 0 Å². The van der Waals surface area contributed by atoms with Crippen LogP contribution in [0.1, 0.15) is 92.9 Å². The largest absolute Gasteiger partial charge is 0.459 e. The number of aliphatic hydroxyl groups excluding tert-OH is 1. The lowest BCUT2D eigenvalue weighted by Gasteiger charge is -2.46. The highest BCUT2D eigenvalue weighted by Crippen LogP contribution is 2.75. The van der Waals surface area contributed by atoms with Crippen LogP contribution in [0.2, 0.25) is 0 Å². The van der Waals surface area contributed by atoms with Gasteiger partial charge in [-0.05, 0) is 99.2 Å². The summed E-state index contributed by atoms with van der Waals surface area (Å²) in [5.74, 6) is 2.39. The van der Waals surface area contributed by atoms with Crippen LogP contribution in [0.25, 0.3) is 0 Å². The van der Waals surface area contributed by atoms with E-state index in [9.17, 15) is 15.0 Å². The first-order valence-corrected chi connectivity index (χ1v) is 14.7. The molecule has 6 heteroatoms. The Morgan fingerprint density at radius 3 is 2.17 bits per heavy atom. The van der Waals surface area contributed by atoms with Crippen molar-refractivity contribution in [3.8, 4) is 0 Å². The van der Waals surface area contributed by atoms with Gasteiger partial charge in [-0.15, -0.1) is 0 Å². The fourth-order valence-electron chi connectivity index (χ4n) is 11.1. The minimum absolute atomic E-state index is 0.0894. The SMILES string of the molecule is CC1(O)CCC2C(C3C1CCC31OC(C3C4CCC(=O)OC4(C)CCC4C3C4(C)C)OC1O)C2(C)C. The number of esters is 1. The van der Waals surface area contributed by atoms with E-state index >= 15 is 0 Å². The van der Waals surface area contributed by atoms with Crippen LogP contribution in [-0.2, 0) is 19.0 Å². The Hall–Kier alpha value is -0.690. The molecule has 7 fully saturated rings. The van der Waals surface area contributed by atoms with E-state index in [2.05, 4.69) is 34.6 Å². The molecule has 36 heavy (non-hydrogen) atoms. The molecular formula is C30H46O6. The first-order chi connectivity index (χ1) is 16.7. The number of aliphatic hydroxyl groups is 2. The van der Waals surface area contributed by atoms with Crippen molar-refractivity contribution >= 4 is 5.97 Å². The fourth-order valence-corrected chi connectivity index (χ4v) is 11.1. The predicted molar refractivity (Wildman–Crippen MR) is 132 cm³/mol. The number of carbonyl (C=O) groups excluding carboxylic acids is 1. The van der Waals surface area contributed by atoms with E-state index in [0.717, 1.165) is 44.9 Å². The highest BCUT2D eigenvalue weighted by Gasteiger charge is 2.76. The molecule has 2 N–H and O–H groups in total. The molecule has 13 unspecified atom stereocenters. The van der Waals surface area contributed by atoms with E-state index in [4.69, 9.17) is 14.2 Å². The van der Waals surface area contributed by atoms with Gasteiger partial charge < -0.3 is 24.4 Å². The molecule has 0 aromatic carbocycles. The molecule has 5 saturated carbocycles. The predicted octanol–water partition coefficient (Wildman–Crippen LogP) is 4.65. The van der Waals surface area contributed by atoms with E-state index < -0.39 is 29.4 Å². The summed E-state index contributed by atoms with van der Waals surface area (Å²) in [4.78, 5) is 12.3. The number of hydrogen-bond acceptors (Lipinski definition) is 6. The van der Waals surface area contributed by atoms with Crippen LogP contribution in [0.15, 0.2) is 0 Å². The van der Waals surface area contributed by atoms with E-state index in [1.807, 2.05) is 6.92 Å². The Balaban J connectivity index is 1.25. The highest BCUT2D eigenvalue weighted by molar-refractivity contribution is 5.71. The van der Waals surface area contributed by atoms with Gasteiger partial charge in [0.05, 0.1) is 5.60 Å². The molecule has 0 amide bonds. The highest BCUT2D eigenvalue weighted by atomic mass is 16.8. The molecule has 7 rings (SSSR count). The first-order valence-electron chi connectivity index (χ1n) is 14.7. The van der Waals surface area contributed by atoms with Gasteiger partial charge in [-0.25, -0.2) is 0 Å². The number of fused-ring (bicyclic) bond motifs is 6. The Labute approximate surface area is 215 Å². The van der Waals surface area contributed by atoms with Crippen LogP contribution in [0.5, 0.6) is 0 Å². The van der Waals surface area contributed by atoms with Gasteiger partial charge in [0.15, 0.2) is 12.6 Å². The third kappa shape index (κ3) is 2.96. The van der Waals surface area contributed by atoms with Crippen LogP contribution in [0.4, 0.5) is 0 Å². The molecule has 7 aliphatic rings. The van der Waals surface area contributed by atoms with Crippen LogP contribution >= 0.6 is 0 Å². The smallest absolute Gasteiger partial charge is 0.306 e.